The van der Waals surface area contributed by atoms with Gasteiger partial charge in [-0.2, -0.15) is 10.5 Å². The molecule has 1 heterocycles. The zero-order valence-corrected chi connectivity index (χ0v) is 27.2. The lowest BCUT2D eigenvalue weighted by molar-refractivity contribution is -0.384. The van der Waals surface area contributed by atoms with E-state index in [9.17, 15) is 20.6 Å². The Morgan fingerprint density at radius 1 is 0.660 bits per heavy atom. The van der Waals surface area contributed by atoms with E-state index in [1.807, 2.05) is 99.6 Å². The number of hydrogen-bond donors (Lipinski definition) is 2. The van der Waals surface area contributed by atoms with Gasteiger partial charge in [0, 0.05) is 39.8 Å². The van der Waals surface area contributed by atoms with E-state index in [0.717, 1.165) is 39.3 Å². The molecule has 0 aliphatic heterocycles. The van der Waals surface area contributed by atoms with Crippen molar-refractivity contribution in [2.75, 3.05) is 10.6 Å². The van der Waals surface area contributed by atoms with Gasteiger partial charge < -0.3 is 10.6 Å². The van der Waals surface area contributed by atoms with E-state index >= 15 is 0 Å². The number of fused-ring (bicyclic) bond motifs is 1. The minimum absolute atomic E-state index is 0.0357. The molecule has 0 bridgehead atoms. The van der Waals surface area contributed by atoms with Gasteiger partial charge in [0.2, 0.25) is 0 Å². The normalized spacial score (nSPS) is 11.1. The number of non-ortho nitro benzene ring substituents is 1. The van der Waals surface area contributed by atoms with Crippen molar-refractivity contribution >= 4 is 62.2 Å². The Balaban J connectivity index is 1.40. The molecule has 12 nitrogen and oxygen atoms in total. The predicted molar refractivity (Wildman–Crippen MR) is 193 cm³/mol. The van der Waals surface area contributed by atoms with Gasteiger partial charge in [-0.15, -0.1) is 20.5 Å². The standard InChI is InChI=1S/C38H28N10O2/c1-23-8-12-27(13-9-23)41-37-32(22-40)25(3)36(38(43-37)42-28-14-10-24(2)11-15-28)47-46-35-19-18-34(30-6-4-5-7-31(30)35)45-44-33-17-16-29(48(49)50)20-26(33)21-39/h4-20H,1-3H3,(H2,41,42,43). The number of pyridine rings is 1. The van der Waals surface area contributed by atoms with E-state index in [-0.39, 0.29) is 16.9 Å². The summed E-state index contributed by atoms with van der Waals surface area (Å²) in [4.78, 5) is 15.4. The third-order valence-electron chi connectivity index (χ3n) is 7.87. The molecule has 0 spiro atoms. The highest BCUT2D eigenvalue weighted by Gasteiger charge is 2.19. The van der Waals surface area contributed by atoms with Crippen molar-refractivity contribution < 1.29 is 4.92 Å². The van der Waals surface area contributed by atoms with Gasteiger partial charge in [0.25, 0.3) is 5.69 Å². The minimum Gasteiger partial charge on any atom is -0.339 e. The van der Waals surface area contributed by atoms with Crippen molar-refractivity contribution in [1.82, 2.24) is 4.98 Å². The first-order chi connectivity index (χ1) is 24.2. The second-order valence-corrected chi connectivity index (χ2v) is 11.4. The van der Waals surface area contributed by atoms with Crippen LogP contribution in [0.5, 0.6) is 0 Å². The molecule has 0 saturated carbocycles. The fourth-order valence-corrected chi connectivity index (χ4v) is 5.15. The highest BCUT2D eigenvalue weighted by atomic mass is 16.6. The molecule has 2 N–H and O–H groups in total. The molecule has 5 aromatic carbocycles. The third kappa shape index (κ3) is 7.00. The summed E-state index contributed by atoms with van der Waals surface area (Å²) in [7, 11) is 0. The number of aryl methyl sites for hydroxylation is 2. The molecule has 0 atom stereocenters. The van der Waals surface area contributed by atoms with Crippen LogP contribution in [0.1, 0.15) is 27.8 Å². The summed E-state index contributed by atoms with van der Waals surface area (Å²) in [6.45, 7) is 5.82. The van der Waals surface area contributed by atoms with Gasteiger partial charge in [-0.3, -0.25) is 10.1 Å². The number of nitriles is 2. The number of hydrogen-bond acceptors (Lipinski definition) is 11. The maximum Gasteiger partial charge on any atom is 0.270 e. The van der Waals surface area contributed by atoms with Gasteiger partial charge in [-0.05, 0) is 63.2 Å². The molecule has 0 radical (unpaired) electrons. The number of nitrogens with one attached hydrogen (secondary N) is 2. The summed E-state index contributed by atoms with van der Waals surface area (Å²) in [5.74, 6) is 0.796. The highest BCUT2D eigenvalue weighted by Crippen LogP contribution is 2.40. The minimum atomic E-state index is -0.570. The lowest BCUT2D eigenvalue weighted by Gasteiger charge is -2.16. The first-order valence-electron chi connectivity index (χ1n) is 15.4. The summed E-state index contributed by atoms with van der Waals surface area (Å²) < 4.78 is 0. The number of rotatable bonds is 9. The van der Waals surface area contributed by atoms with Gasteiger partial charge in [0.15, 0.2) is 11.6 Å². The van der Waals surface area contributed by atoms with E-state index in [0.29, 0.717) is 39.8 Å². The van der Waals surface area contributed by atoms with E-state index < -0.39 is 4.92 Å². The van der Waals surface area contributed by atoms with Crippen molar-refractivity contribution in [3.8, 4) is 12.1 Å². The van der Waals surface area contributed by atoms with Gasteiger partial charge in [0.1, 0.15) is 23.5 Å². The Kier molecular flexibility index (Phi) is 9.27. The maximum absolute atomic E-state index is 11.1. The average molecular weight is 657 g/mol. The summed E-state index contributed by atoms with van der Waals surface area (Å²) in [5.41, 5.74) is 6.17. The second kappa shape index (κ2) is 14.2. The molecule has 0 aliphatic rings. The number of nitro groups is 1. The van der Waals surface area contributed by atoms with Crippen LogP contribution >= 0.6 is 0 Å². The molecule has 1 aromatic heterocycles. The van der Waals surface area contributed by atoms with Crippen molar-refractivity contribution in [3.63, 3.8) is 0 Å². The van der Waals surface area contributed by atoms with E-state index in [2.05, 4.69) is 37.2 Å². The molecule has 0 saturated heterocycles. The number of aromatic nitrogens is 1. The largest absolute Gasteiger partial charge is 0.339 e. The lowest BCUT2D eigenvalue weighted by Crippen LogP contribution is -2.04. The Bertz CT molecular complexity index is 2410. The maximum atomic E-state index is 11.1. The smallest absolute Gasteiger partial charge is 0.270 e. The van der Waals surface area contributed by atoms with Crippen LogP contribution < -0.4 is 10.6 Å². The molecule has 6 aromatic rings. The number of benzene rings is 5. The molecule has 0 unspecified atom stereocenters. The first-order valence-corrected chi connectivity index (χ1v) is 15.4. The van der Waals surface area contributed by atoms with Gasteiger partial charge >= 0.3 is 0 Å². The lowest BCUT2D eigenvalue weighted by atomic mass is 10.1. The van der Waals surface area contributed by atoms with Crippen molar-refractivity contribution in [2.24, 2.45) is 20.5 Å². The fourth-order valence-electron chi connectivity index (χ4n) is 5.15. The Morgan fingerprint density at radius 3 is 1.72 bits per heavy atom. The van der Waals surface area contributed by atoms with E-state index in [1.54, 1.807) is 12.1 Å². The summed E-state index contributed by atoms with van der Waals surface area (Å²) in [6.07, 6.45) is 0. The van der Waals surface area contributed by atoms with Crippen molar-refractivity contribution in [1.29, 1.82) is 10.5 Å². The van der Waals surface area contributed by atoms with Crippen LogP contribution in [0.25, 0.3) is 10.8 Å². The van der Waals surface area contributed by atoms with Crippen LogP contribution in [0.15, 0.2) is 124 Å². The molecule has 12 heteroatoms. The average Bonchev–Trinajstić information content (AvgIpc) is 3.12. The van der Waals surface area contributed by atoms with Crippen LogP contribution in [0.4, 0.5) is 51.4 Å². The van der Waals surface area contributed by atoms with Crippen LogP contribution in [0.3, 0.4) is 0 Å². The summed E-state index contributed by atoms with van der Waals surface area (Å²) in [5, 5.41) is 56.8. The molecule has 6 rings (SSSR count). The Hall–Kier alpha value is -7.31. The number of anilines is 4. The third-order valence-corrected chi connectivity index (χ3v) is 7.87. The van der Waals surface area contributed by atoms with E-state index in [4.69, 9.17) is 4.98 Å². The van der Waals surface area contributed by atoms with Crippen molar-refractivity contribution in [2.45, 2.75) is 20.8 Å². The van der Waals surface area contributed by atoms with Gasteiger partial charge in [-0.1, -0.05) is 59.7 Å². The molecule has 50 heavy (non-hydrogen) atoms. The van der Waals surface area contributed by atoms with Crippen LogP contribution in [-0.4, -0.2) is 9.91 Å². The van der Waals surface area contributed by atoms with Gasteiger partial charge in [0.05, 0.1) is 27.4 Å². The number of nitro benzene ring substituents is 1. The molecule has 0 amide bonds. The Labute approximate surface area is 287 Å². The molecule has 242 valence electrons. The van der Waals surface area contributed by atoms with Crippen LogP contribution in [0.2, 0.25) is 0 Å². The zero-order chi connectivity index (χ0) is 35.2. The molecular weight excluding hydrogens is 628 g/mol. The SMILES string of the molecule is Cc1ccc(Nc2nc(Nc3ccc(C)cc3)c(N=Nc3ccc(N=Nc4ccc([N+](=O)[O-])cc4C#N)c4ccccc34)c(C)c2C#N)cc1. The molecule has 0 fully saturated rings. The monoisotopic (exact) mass is 656 g/mol. The highest BCUT2D eigenvalue weighted by molar-refractivity contribution is 5.99. The fraction of sp³-hybridized carbons (Fsp3) is 0.0789. The van der Waals surface area contributed by atoms with E-state index in [1.165, 1.54) is 12.1 Å². The zero-order valence-electron chi connectivity index (χ0n) is 27.2. The first kappa shape index (κ1) is 32.6. The number of azo groups is 2. The molecular formula is C38H28N10O2. The quantitative estimate of drug-likeness (QED) is 0.0882. The van der Waals surface area contributed by atoms with Crippen LogP contribution in [-0.2, 0) is 0 Å². The predicted octanol–water partition coefficient (Wildman–Crippen LogP) is 11.1. The molecule has 0 aliphatic carbocycles. The Morgan fingerprint density at radius 2 is 1.18 bits per heavy atom. The number of nitrogens with zero attached hydrogens (tertiary/aromatic N) is 8. The van der Waals surface area contributed by atoms with Gasteiger partial charge in [-0.25, -0.2) is 4.98 Å². The second-order valence-electron chi connectivity index (χ2n) is 11.4. The summed E-state index contributed by atoms with van der Waals surface area (Å²) in [6, 6.07) is 34.6. The van der Waals surface area contributed by atoms with Crippen LogP contribution in [0, 0.1) is 53.5 Å². The van der Waals surface area contributed by atoms with Crippen molar-refractivity contribution in [3.05, 3.63) is 141 Å². The summed E-state index contributed by atoms with van der Waals surface area (Å²) >= 11 is 0. The topological polar surface area (TPSA) is 177 Å².